The van der Waals surface area contributed by atoms with E-state index >= 15 is 0 Å². The van der Waals surface area contributed by atoms with Crippen LogP contribution in [0.4, 0.5) is 5.69 Å². The first kappa shape index (κ1) is 19.7. The van der Waals surface area contributed by atoms with Gasteiger partial charge in [0, 0.05) is 31.7 Å². The Labute approximate surface area is 155 Å². The standard InChI is InChI=1S/C19H27N3O2.ClH/c1-13-5-4-6-16(14(13)2)22-10-15(9-17(22)23)18(24)21-8-7-19(3,11-20)12-21;/h4-6,15H,7-12,20H2,1-3H3;1H. The van der Waals surface area contributed by atoms with Crippen LogP contribution in [0.1, 0.15) is 30.9 Å². The smallest absolute Gasteiger partial charge is 0.228 e. The Balaban J connectivity index is 0.00000225. The highest BCUT2D eigenvalue weighted by Crippen LogP contribution is 2.33. The maximum absolute atomic E-state index is 12.8. The van der Waals surface area contributed by atoms with Crippen molar-refractivity contribution in [3.8, 4) is 0 Å². The SMILES string of the molecule is Cc1cccc(N2CC(C(=O)N3CCC(C)(CN)C3)CC2=O)c1C.Cl. The molecule has 0 spiro atoms. The number of aryl methyl sites for hydroxylation is 1. The molecule has 6 heteroatoms. The van der Waals surface area contributed by atoms with Gasteiger partial charge >= 0.3 is 0 Å². The minimum Gasteiger partial charge on any atom is -0.342 e. The summed E-state index contributed by atoms with van der Waals surface area (Å²) in [7, 11) is 0. The molecule has 2 atom stereocenters. The molecule has 2 fully saturated rings. The number of hydrogen-bond donors (Lipinski definition) is 1. The van der Waals surface area contributed by atoms with Gasteiger partial charge in [-0.25, -0.2) is 0 Å². The fourth-order valence-electron chi connectivity index (χ4n) is 3.77. The highest BCUT2D eigenvalue weighted by molar-refractivity contribution is 6.01. The van der Waals surface area contributed by atoms with Crippen molar-refractivity contribution in [3.05, 3.63) is 29.3 Å². The molecule has 0 aliphatic carbocycles. The lowest BCUT2D eigenvalue weighted by molar-refractivity contribution is -0.135. The summed E-state index contributed by atoms with van der Waals surface area (Å²) >= 11 is 0. The molecule has 5 nitrogen and oxygen atoms in total. The molecule has 3 rings (SSSR count). The summed E-state index contributed by atoms with van der Waals surface area (Å²) in [5, 5.41) is 0. The topological polar surface area (TPSA) is 66.6 Å². The summed E-state index contributed by atoms with van der Waals surface area (Å²) in [5.74, 6) is -0.0892. The molecule has 1 aromatic carbocycles. The van der Waals surface area contributed by atoms with Crippen LogP contribution in [-0.2, 0) is 9.59 Å². The highest BCUT2D eigenvalue weighted by atomic mass is 35.5. The van der Waals surface area contributed by atoms with E-state index in [4.69, 9.17) is 5.73 Å². The van der Waals surface area contributed by atoms with Gasteiger partial charge in [0.25, 0.3) is 0 Å². The van der Waals surface area contributed by atoms with Crippen LogP contribution >= 0.6 is 12.4 Å². The van der Waals surface area contributed by atoms with Gasteiger partial charge in [-0.05, 0) is 49.4 Å². The third-order valence-electron chi connectivity index (χ3n) is 5.70. The van der Waals surface area contributed by atoms with E-state index in [2.05, 4.69) is 6.92 Å². The molecule has 2 aliphatic rings. The fourth-order valence-corrected chi connectivity index (χ4v) is 3.77. The molecule has 1 aromatic rings. The molecular weight excluding hydrogens is 338 g/mol. The van der Waals surface area contributed by atoms with E-state index in [-0.39, 0.29) is 35.6 Å². The van der Waals surface area contributed by atoms with Gasteiger partial charge in [0.15, 0.2) is 0 Å². The molecule has 0 radical (unpaired) electrons. The molecular formula is C19H28ClN3O2. The summed E-state index contributed by atoms with van der Waals surface area (Å²) in [6, 6.07) is 5.97. The number of benzene rings is 1. The van der Waals surface area contributed by atoms with E-state index in [1.165, 1.54) is 0 Å². The number of rotatable bonds is 3. The van der Waals surface area contributed by atoms with E-state index in [1.807, 2.05) is 36.9 Å². The lowest BCUT2D eigenvalue weighted by atomic mass is 9.90. The third kappa shape index (κ3) is 3.67. The van der Waals surface area contributed by atoms with Gasteiger partial charge in [0.1, 0.15) is 0 Å². The van der Waals surface area contributed by atoms with Gasteiger partial charge in [-0.2, -0.15) is 0 Å². The second-order valence-electron chi connectivity index (χ2n) is 7.65. The van der Waals surface area contributed by atoms with Gasteiger partial charge in [-0.3, -0.25) is 9.59 Å². The summed E-state index contributed by atoms with van der Waals surface area (Å²) in [6.07, 6.45) is 1.25. The molecule has 0 saturated carbocycles. The van der Waals surface area contributed by atoms with Crippen LogP contribution < -0.4 is 10.6 Å². The predicted molar refractivity (Wildman–Crippen MR) is 102 cm³/mol. The van der Waals surface area contributed by atoms with E-state index in [0.717, 1.165) is 29.8 Å². The molecule has 138 valence electrons. The van der Waals surface area contributed by atoms with Gasteiger partial charge < -0.3 is 15.5 Å². The molecule has 0 aromatic heterocycles. The first-order valence-corrected chi connectivity index (χ1v) is 8.70. The van der Waals surface area contributed by atoms with E-state index in [0.29, 0.717) is 26.1 Å². The Hall–Kier alpha value is -1.59. The molecule has 2 heterocycles. The fraction of sp³-hybridized carbons (Fsp3) is 0.579. The summed E-state index contributed by atoms with van der Waals surface area (Å²) in [4.78, 5) is 29.0. The highest BCUT2D eigenvalue weighted by Gasteiger charge is 2.41. The minimum absolute atomic E-state index is 0. The lowest BCUT2D eigenvalue weighted by Gasteiger charge is -2.25. The van der Waals surface area contributed by atoms with Crippen LogP contribution in [-0.4, -0.2) is 42.9 Å². The van der Waals surface area contributed by atoms with Crippen molar-refractivity contribution in [2.45, 2.75) is 33.6 Å². The van der Waals surface area contributed by atoms with Crippen molar-refractivity contribution in [2.24, 2.45) is 17.1 Å². The Bertz CT molecular complexity index is 679. The van der Waals surface area contributed by atoms with Crippen LogP contribution in [0.5, 0.6) is 0 Å². The predicted octanol–water partition coefficient (Wildman–Crippen LogP) is 2.28. The third-order valence-corrected chi connectivity index (χ3v) is 5.70. The van der Waals surface area contributed by atoms with Gasteiger partial charge in [-0.15, -0.1) is 12.4 Å². The quantitative estimate of drug-likeness (QED) is 0.893. The average molecular weight is 366 g/mol. The van der Waals surface area contributed by atoms with Crippen molar-refractivity contribution >= 4 is 29.9 Å². The second-order valence-corrected chi connectivity index (χ2v) is 7.65. The number of halogens is 1. The Morgan fingerprint density at radius 1 is 1.36 bits per heavy atom. The molecule has 2 saturated heterocycles. The van der Waals surface area contributed by atoms with Crippen molar-refractivity contribution in [3.63, 3.8) is 0 Å². The number of likely N-dealkylation sites (tertiary alicyclic amines) is 1. The lowest BCUT2D eigenvalue weighted by Crippen LogP contribution is -2.38. The largest absolute Gasteiger partial charge is 0.342 e. The zero-order valence-electron chi connectivity index (χ0n) is 15.2. The molecule has 25 heavy (non-hydrogen) atoms. The first-order valence-electron chi connectivity index (χ1n) is 8.70. The van der Waals surface area contributed by atoms with Crippen molar-refractivity contribution < 1.29 is 9.59 Å². The van der Waals surface area contributed by atoms with Gasteiger partial charge in [-0.1, -0.05) is 19.1 Å². The maximum atomic E-state index is 12.8. The number of anilines is 1. The molecule has 2 N–H and O–H groups in total. The van der Waals surface area contributed by atoms with Crippen LogP contribution in [0, 0.1) is 25.2 Å². The summed E-state index contributed by atoms with van der Waals surface area (Å²) in [5.41, 5.74) is 9.05. The monoisotopic (exact) mass is 365 g/mol. The average Bonchev–Trinajstić information content (AvgIpc) is 3.14. The Morgan fingerprint density at radius 2 is 2.08 bits per heavy atom. The van der Waals surface area contributed by atoms with E-state index in [9.17, 15) is 9.59 Å². The van der Waals surface area contributed by atoms with Gasteiger partial charge in [0.2, 0.25) is 11.8 Å². The van der Waals surface area contributed by atoms with E-state index in [1.54, 1.807) is 4.90 Å². The summed E-state index contributed by atoms with van der Waals surface area (Å²) in [6.45, 7) is 8.73. The zero-order valence-corrected chi connectivity index (χ0v) is 16.1. The Morgan fingerprint density at radius 3 is 2.72 bits per heavy atom. The van der Waals surface area contributed by atoms with E-state index < -0.39 is 0 Å². The molecule has 2 unspecified atom stereocenters. The zero-order chi connectivity index (χ0) is 17.5. The number of nitrogens with two attached hydrogens (primary N) is 1. The van der Waals surface area contributed by atoms with Crippen molar-refractivity contribution in [1.82, 2.24) is 4.90 Å². The van der Waals surface area contributed by atoms with Crippen molar-refractivity contribution in [1.29, 1.82) is 0 Å². The number of amides is 2. The maximum Gasteiger partial charge on any atom is 0.228 e. The molecule has 2 amide bonds. The van der Waals surface area contributed by atoms with Crippen molar-refractivity contribution in [2.75, 3.05) is 31.1 Å². The van der Waals surface area contributed by atoms with Crippen LogP contribution in [0.2, 0.25) is 0 Å². The van der Waals surface area contributed by atoms with Crippen LogP contribution in [0.25, 0.3) is 0 Å². The normalized spacial score (nSPS) is 26.1. The van der Waals surface area contributed by atoms with Gasteiger partial charge in [0.05, 0.1) is 5.92 Å². The molecule has 2 aliphatic heterocycles. The number of hydrogen-bond acceptors (Lipinski definition) is 3. The Kier molecular flexibility index (Phi) is 5.79. The van der Waals surface area contributed by atoms with Crippen LogP contribution in [0.3, 0.4) is 0 Å². The summed E-state index contributed by atoms with van der Waals surface area (Å²) < 4.78 is 0. The number of carbonyl (C=O) groups is 2. The minimum atomic E-state index is -0.238. The second kappa shape index (κ2) is 7.34. The first-order chi connectivity index (χ1) is 11.3. The molecule has 0 bridgehead atoms. The number of nitrogens with zero attached hydrogens (tertiary/aromatic N) is 2. The number of carbonyl (C=O) groups excluding carboxylic acids is 2. The van der Waals surface area contributed by atoms with Crippen LogP contribution in [0.15, 0.2) is 18.2 Å².